The van der Waals surface area contributed by atoms with Crippen molar-refractivity contribution in [2.24, 2.45) is 5.92 Å². The molecule has 1 nitrogen and oxygen atoms in total. The maximum absolute atomic E-state index is 13.6. The minimum absolute atomic E-state index is 0.154. The van der Waals surface area contributed by atoms with Gasteiger partial charge in [0, 0.05) is 11.1 Å². The van der Waals surface area contributed by atoms with Crippen molar-refractivity contribution in [2.75, 3.05) is 6.54 Å². The van der Waals surface area contributed by atoms with Gasteiger partial charge in [0.1, 0.15) is 5.82 Å². The van der Waals surface area contributed by atoms with E-state index in [2.05, 4.69) is 26.1 Å². The van der Waals surface area contributed by atoms with Gasteiger partial charge in [0.05, 0.1) is 0 Å². The van der Waals surface area contributed by atoms with Crippen LogP contribution in [0.4, 0.5) is 4.39 Å². The summed E-state index contributed by atoms with van der Waals surface area (Å²) in [6.07, 6.45) is 2.80. The van der Waals surface area contributed by atoms with Gasteiger partial charge in [-0.25, -0.2) is 4.39 Å². The van der Waals surface area contributed by atoms with Crippen LogP contribution in [0.3, 0.4) is 0 Å². The van der Waals surface area contributed by atoms with Crippen molar-refractivity contribution in [2.45, 2.75) is 46.1 Å². The Labute approximate surface area is 115 Å². The molecule has 0 saturated carbocycles. The Morgan fingerprint density at radius 2 is 2.06 bits per heavy atom. The fourth-order valence-electron chi connectivity index (χ4n) is 2.23. The van der Waals surface area contributed by atoms with Crippen LogP contribution < -0.4 is 5.32 Å². The van der Waals surface area contributed by atoms with Gasteiger partial charge in [-0.1, -0.05) is 32.4 Å². The topological polar surface area (TPSA) is 12.0 Å². The molecule has 1 N–H and O–H groups in total. The van der Waals surface area contributed by atoms with Crippen LogP contribution in [0.5, 0.6) is 0 Å². The minimum Gasteiger partial charge on any atom is -0.314 e. The first-order valence-corrected chi connectivity index (χ1v) is 7.08. The number of hydrogen-bond acceptors (Lipinski definition) is 1. The van der Waals surface area contributed by atoms with E-state index in [0.29, 0.717) is 22.5 Å². The van der Waals surface area contributed by atoms with E-state index in [4.69, 9.17) is 11.6 Å². The third-order valence-corrected chi connectivity index (χ3v) is 3.25. The Hall–Kier alpha value is -0.600. The molecular formula is C15H23ClFN. The molecule has 1 aromatic rings. The number of hydrogen-bond donors (Lipinski definition) is 1. The highest BCUT2D eigenvalue weighted by molar-refractivity contribution is 6.30. The van der Waals surface area contributed by atoms with E-state index in [1.165, 1.54) is 6.07 Å². The molecule has 0 aromatic heterocycles. The fraction of sp³-hybridized carbons (Fsp3) is 0.600. The Bertz CT molecular complexity index is 366. The van der Waals surface area contributed by atoms with Gasteiger partial charge >= 0.3 is 0 Å². The molecule has 0 spiro atoms. The highest BCUT2D eigenvalue weighted by Crippen LogP contribution is 2.18. The predicted molar refractivity (Wildman–Crippen MR) is 76.7 cm³/mol. The average Bonchev–Trinajstić information content (AvgIpc) is 2.29. The molecule has 0 fully saturated rings. The molecule has 1 rings (SSSR count). The summed E-state index contributed by atoms with van der Waals surface area (Å²) in [5.74, 6) is 0.498. The molecule has 0 bridgehead atoms. The van der Waals surface area contributed by atoms with Gasteiger partial charge in [-0.3, -0.25) is 0 Å². The summed E-state index contributed by atoms with van der Waals surface area (Å²) in [5.41, 5.74) is 0.717. The number of nitrogens with one attached hydrogen (secondary N) is 1. The van der Waals surface area contributed by atoms with E-state index in [1.54, 1.807) is 12.1 Å². The Balaban J connectivity index is 2.57. The highest BCUT2D eigenvalue weighted by Gasteiger charge is 2.11. The third-order valence-electron chi connectivity index (χ3n) is 3.02. The Morgan fingerprint density at radius 1 is 1.33 bits per heavy atom. The molecule has 1 atom stereocenters. The van der Waals surface area contributed by atoms with Gasteiger partial charge in [-0.2, -0.15) is 0 Å². The largest absolute Gasteiger partial charge is 0.314 e. The summed E-state index contributed by atoms with van der Waals surface area (Å²) in [7, 11) is 0. The van der Waals surface area contributed by atoms with Crippen LogP contribution in [0.15, 0.2) is 18.2 Å². The zero-order valence-electron chi connectivity index (χ0n) is 11.5. The first kappa shape index (κ1) is 15.5. The lowest BCUT2D eigenvalue weighted by Crippen LogP contribution is -2.30. The molecule has 0 heterocycles. The fourth-order valence-corrected chi connectivity index (χ4v) is 2.42. The van der Waals surface area contributed by atoms with Crippen LogP contribution in [-0.4, -0.2) is 12.6 Å². The molecule has 102 valence electrons. The highest BCUT2D eigenvalue weighted by atomic mass is 35.5. The summed E-state index contributed by atoms with van der Waals surface area (Å²) in [6, 6.07) is 5.22. The van der Waals surface area contributed by atoms with Gasteiger partial charge in [0.25, 0.3) is 0 Å². The van der Waals surface area contributed by atoms with Crippen molar-refractivity contribution in [3.63, 3.8) is 0 Å². The van der Waals surface area contributed by atoms with Crippen molar-refractivity contribution >= 4 is 11.6 Å². The van der Waals surface area contributed by atoms with Gasteiger partial charge in [0.2, 0.25) is 0 Å². The van der Waals surface area contributed by atoms with E-state index in [9.17, 15) is 4.39 Å². The second kappa shape index (κ2) is 7.75. The lowest BCUT2D eigenvalue weighted by Gasteiger charge is -2.20. The zero-order chi connectivity index (χ0) is 13.5. The van der Waals surface area contributed by atoms with Crippen LogP contribution in [0.2, 0.25) is 5.02 Å². The summed E-state index contributed by atoms with van der Waals surface area (Å²) < 4.78 is 13.6. The molecule has 0 aliphatic heterocycles. The lowest BCUT2D eigenvalue weighted by atomic mass is 9.97. The maximum Gasteiger partial charge on any atom is 0.126 e. The minimum atomic E-state index is -0.154. The first-order chi connectivity index (χ1) is 8.52. The summed E-state index contributed by atoms with van der Waals surface area (Å²) in [5, 5.41) is 4.07. The lowest BCUT2D eigenvalue weighted by molar-refractivity contribution is 0.403. The predicted octanol–water partition coefficient (Wildman–Crippen LogP) is 4.44. The Morgan fingerprint density at radius 3 is 2.67 bits per heavy atom. The molecule has 0 aliphatic carbocycles. The van der Waals surface area contributed by atoms with Crippen LogP contribution in [0.25, 0.3) is 0 Å². The average molecular weight is 272 g/mol. The quantitative estimate of drug-likeness (QED) is 0.773. The number of benzene rings is 1. The van der Waals surface area contributed by atoms with Crippen molar-refractivity contribution in [1.29, 1.82) is 0 Å². The van der Waals surface area contributed by atoms with Crippen LogP contribution >= 0.6 is 11.6 Å². The Kier molecular flexibility index (Phi) is 6.66. The molecular weight excluding hydrogens is 249 g/mol. The molecule has 0 aliphatic rings. The molecule has 3 heteroatoms. The smallest absolute Gasteiger partial charge is 0.126 e. The molecule has 0 radical (unpaired) electrons. The molecule has 1 unspecified atom stereocenters. The molecule has 1 aromatic carbocycles. The van der Waals surface area contributed by atoms with Crippen LogP contribution in [0.1, 0.15) is 39.2 Å². The van der Waals surface area contributed by atoms with E-state index >= 15 is 0 Å². The number of halogens is 2. The SMILES string of the molecule is CCNC(CCc1cc(Cl)ccc1F)CC(C)C. The summed E-state index contributed by atoms with van der Waals surface area (Å²) >= 11 is 5.90. The van der Waals surface area contributed by atoms with Crippen molar-refractivity contribution in [3.8, 4) is 0 Å². The van der Waals surface area contributed by atoms with E-state index in [0.717, 1.165) is 25.8 Å². The number of rotatable bonds is 7. The summed E-state index contributed by atoms with van der Waals surface area (Å²) in [6.45, 7) is 7.48. The van der Waals surface area contributed by atoms with Crippen LogP contribution in [0, 0.1) is 11.7 Å². The first-order valence-electron chi connectivity index (χ1n) is 6.70. The van der Waals surface area contributed by atoms with Crippen molar-refractivity contribution < 1.29 is 4.39 Å². The van der Waals surface area contributed by atoms with Gasteiger partial charge in [-0.05, 0) is 55.5 Å². The van der Waals surface area contributed by atoms with Crippen molar-refractivity contribution in [3.05, 3.63) is 34.6 Å². The van der Waals surface area contributed by atoms with E-state index in [1.807, 2.05) is 0 Å². The van der Waals surface area contributed by atoms with Gasteiger partial charge in [-0.15, -0.1) is 0 Å². The normalized spacial score (nSPS) is 13.0. The standard InChI is InChI=1S/C15H23ClFN/c1-4-18-14(9-11(2)3)7-5-12-10-13(16)6-8-15(12)17/h6,8,10-11,14,18H,4-5,7,9H2,1-3H3. The molecule has 0 amide bonds. The maximum atomic E-state index is 13.6. The monoisotopic (exact) mass is 271 g/mol. The second-order valence-electron chi connectivity index (χ2n) is 5.16. The zero-order valence-corrected chi connectivity index (χ0v) is 12.2. The second-order valence-corrected chi connectivity index (χ2v) is 5.59. The third kappa shape index (κ3) is 5.36. The number of aryl methyl sites for hydroxylation is 1. The van der Waals surface area contributed by atoms with Crippen molar-refractivity contribution in [1.82, 2.24) is 5.32 Å². The van der Waals surface area contributed by atoms with Gasteiger partial charge < -0.3 is 5.32 Å². The van der Waals surface area contributed by atoms with Gasteiger partial charge in [0.15, 0.2) is 0 Å². The summed E-state index contributed by atoms with van der Waals surface area (Å²) in [4.78, 5) is 0. The van der Waals surface area contributed by atoms with Crippen LogP contribution in [-0.2, 0) is 6.42 Å². The molecule has 0 saturated heterocycles. The van der Waals surface area contributed by atoms with E-state index < -0.39 is 0 Å². The molecule has 18 heavy (non-hydrogen) atoms. The van der Waals surface area contributed by atoms with E-state index in [-0.39, 0.29) is 5.82 Å².